The van der Waals surface area contributed by atoms with Crippen molar-refractivity contribution in [3.8, 4) is 0 Å². The number of hydrogen-bond acceptors (Lipinski definition) is 3. The van der Waals surface area contributed by atoms with Crippen LogP contribution in [-0.2, 0) is 9.53 Å². The van der Waals surface area contributed by atoms with Crippen LogP contribution in [0.15, 0.2) is 30.3 Å². The highest BCUT2D eigenvalue weighted by Crippen LogP contribution is 2.15. The van der Waals surface area contributed by atoms with Crippen molar-refractivity contribution in [1.29, 1.82) is 0 Å². The lowest BCUT2D eigenvalue weighted by Crippen LogP contribution is -2.53. The smallest absolute Gasteiger partial charge is 0.318 e. The average Bonchev–Trinajstić information content (AvgIpc) is 2.48. The molecule has 0 aromatic heterocycles. The zero-order valence-electron chi connectivity index (χ0n) is 12.0. The molecule has 114 valence electrons. The van der Waals surface area contributed by atoms with E-state index >= 15 is 0 Å². The molecule has 1 aliphatic rings. The molecule has 2 amide bonds. The summed E-state index contributed by atoms with van der Waals surface area (Å²) in [6, 6.07) is 8.84. The summed E-state index contributed by atoms with van der Waals surface area (Å²) in [6.07, 6.45) is -0.104. The van der Waals surface area contributed by atoms with Gasteiger partial charge in [-0.15, -0.1) is 0 Å². The number of carboxylic acid groups (broad SMARTS) is 1. The van der Waals surface area contributed by atoms with Crippen LogP contribution < -0.4 is 5.32 Å². The number of morpholine rings is 1. The topological polar surface area (TPSA) is 78.9 Å². The molecule has 6 heteroatoms. The van der Waals surface area contributed by atoms with E-state index in [0.29, 0.717) is 13.2 Å². The van der Waals surface area contributed by atoms with Crippen LogP contribution >= 0.6 is 0 Å². The zero-order chi connectivity index (χ0) is 15.2. The summed E-state index contributed by atoms with van der Waals surface area (Å²) in [7, 11) is 0. The average molecular weight is 292 g/mol. The van der Waals surface area contributed by atoms with Crippen LogP contribution in [0.25, 0.3) is 0 Å². The fourth-order valence-electron chi connectivity index (χ4n) is 2.39. The third-order valence-electron chi connectivity index (χ3n) is 3.54. The number of carboxylic acids is 1. The minimum Gasteiger partial charge on any atom is -0.481 e. The predicted octanol–water partition coefficient (Wildman–Crippen LogP) is 1.63. The van der Waals surface area contributed by atoms with E-state index in [0.717, 1.165) is 5.56 Å². The Morgan fingerprint density at radius 3 is 2.81 bits per heavy atom. The van der Waals surface area contributed by atoms with Crippen molar-refractivity contribution in [2.75, 3.05) is 19.8 Å². The van der Waals surface area contributed by atoms with Gasteiger partial charge in [-0.05, 0) is 12.5 Å². The van der Waals surface area contributed by atoms with Crippen LogP contribution in [0.1, 0.15) is 24.9 Å². The Balaban J connectivity index is 1.98. The molecule has 1 heterocycles. The second kappa shape index (κ2) is 7.08. The molecule has 2 atom stereocenters. The van der Waals surface area contributed by atoms with Gasteiger partial charge < -0.3 is 20.1 Å². The van der Waals surface area contributed by atoms with Gasteiger partial charge in [-0.2, -0.15) is 0 Å². The van der Waals surface area contributed by atoms with E-state index in [4.69, 9.17) is 9.84 Å². The summed E-state index contributed by atoms with van der Waals surface area (Å²) in [5.74, 6) is -0.931. The Kier molecular flexibility index (Phi) is 5.16. The van der Waals surface area contributed by atoms with Crippen LogP contribution in [0.3, 0.4) is 0 Å². The summed E-state index contributed by atoms with van der Waals surface area (Å²) >= 11 is 0. The number of aliphatic carboxylic acids is 1. The van der Waals surface area contributed by atoms with E-state index in [1.165, 1.54) is 0 Å². The van der Waals surface area contributed by atoms with Crippen molar-refractivity contribution < 1.29 is 19.4 Å². The maximum Gasteiger partial charge on any atom is 0.318 e. The monoisotopic (exact) mass is 292 g/mol. The number of nitrogens with zero attached hydrogens (tertiary/aromatic N) is 1. The van der Waals surface area contributed by atoms with E-state index in [2.05, 4.69) is 5.32 Å². The van der Waals surface area contributed by atoms with Gasteiger partial charge >= 0.3 is 12.0 Å². The molecule has 2 N–H and O–H groups in total. The summed E-state index contributed by atoms with van der Waals surface area (Å²) in [4.78, 5) is 24.8. The first-order chi connectivity index (χ1) is 10.1. The molecule has 21 heavy (non-hydrogen) atoms. The molecule has 0 radical (unpaired) electrons. The second-order valence-electron chi connectivity index (χ2n) is 5.10. The number of benzene rings is 1. The fourth-order valence-corrected chi connectivity index (χ4v) is 2.39. The van der Waals surface area contributed by atoms with Gasteiger partial charge in [0.25, 0.3) is 0 Å². The summed E-state index contributed by atoms with van der Waals surface area (Å²) in [5.41, 5.74) is 1.01. The Morgan fingerprint density at radius 1 is 1.43 bits per heavy atom. The van der Waals surface area contributed by atoms with E-state index in [1.54, 1.807) is 4.90 Å². The quantitative estimate of drug-likeness (QED) is 0.884. The number of amides is 2. The SMILES string of the molecule is CC(NC(=O)N1CCOCC1CC(=O)O)c1ccccc1. The van der Waals surface area contributed by atoms with E-state index in [1.807, 2.05) is 37.3 Å². The number of rotatable bonds is 4. The minimum absolute atomic E-state index is 0.104. The molecule has 1 saturated heterocycles. The first-order valence-electron chi connectivity index (χ1n) is 6.99. The number of carbonyl (C=O) groups is 2. The Hall–Kier alpha value is -2.08. The molecule has 1 aromatic rings. The lowest BCUT2D eigenvalue weighted by molar-refractivity contribution is -0.139. The number of carbonyl (C=O) groups excluding carboxylic acids is 1. The largest absolute Gasteiger partial charge is 0.481 e. The van der Waals surface area contributed by atoms with E-state index < -0.39 is 12.0 Å². The molecular weight excluding hydrogens is 272 g/mol. The van der Waals surface area contributed by atoms with Crippen LogP contribution in [0.4, 0.5) is 4.79 Å². The Morgan fingerprint density at radius 2 is 2.14 bits per heavy atom. The fraction of sp³-hybridized carbons (Fsp3) is 0.467. The molecule has 0 aliphatic carbocycles. The molecule has 1 aromatic carbocycles. The standard InChI is InChI=1S/C15H20N2O4/c1-11(12-5-3-2-4-6-12)16-15(20)17-7-8-21-10-13(17)9-14(18)19/h2-6,11,13H,7-10H2,1H3,(H,16,20)(H,18,19). The summed E-state index contributed by atoms with van der Waals surface area (Å²) in [5, 5.41) is 11.8. The van der Waals surface area contributed by atoms with Gasteiger partial charge in [-0.25, -0.2) is 4.79 Å². The normalized spacial score (nSPS) is 19.9. The maximum atomic E-state index is 12.3. The van der Waals surface area contributed by atoms with Gasteiger partial charge in [0, 0.05) is 6.54 Å². The number of urea groups is 1. The molecular formula is C15H20N2O4. The first kappa shape index (κ1) is 15.3. The van der Waals surface area contributed by atoms with Crippen molar-refractivity contribution >= 4 is 12.0 Å². The van der Waals surface area contributed by atoms with Crippen LogP contribution in [0, 0.1) is 0 Å². The summed E-state index contributed by atoms with van der Waals surface area (Å²) < 4.78 is 5.27. The molecule has 0 bridgehead atoms. The van der Waals surface area contributed by atoms with Gasteiger partial charge in [0.05, 0.1) is 31.7 Å². The molecule has 0 saturated carbocycles. The van der Waals surface area contributed by atoms with Crippen molar-refractivity contribution in [3.05, 3.63) is 35.9 Å². The number of hydrogen-bond donors (Lipinski definition) is 2. The molecule has 1 fully saturated rings. The number of nitrogens with one attached hydrogen (secondary N) is 1. The maximum absolute atomic E-state index is 12.3. The van der Waals surface area contributed by atoms with Crippen LogP contribution in [0.5, 0.6) is 0 Å². The van der Waals surface area contributed by atoms with Gasteiger partial charge in [-0.1, -0.05) is 30.3 Å². The van der Waals surface area contributed by atoms with Gasteiger partial charge in [0.1, 0.15) is 0 Å². The van der Waals surface area contributed by atoms with Gasteiger partial charge in [-0.3, -0.25) is 4.79 Å². The van der Waals surface area contributed by atoms with E-state index in [9.17, 15) is 9.59 Å². The zero-order valence-corrected chi connectivity index (χ0v) is 12.0. The molecule has 0 spiro atoms. The highest BCUT2D eigenvalue weighted by Gasteiger charge is 2.29. The highest BCUT2D eigenvalue weighted by atomic mass is 16.5. The van der Waals surface area contributed by atoms with Crippen LogP contribution in [0.2, 0.25) is 0 Å². The Bertz CT molecular complexity index is 492. The molecule has 2 rings (SSSR count). The van der Waals surface area contributed by atoms with Crippen molar-refractivity contribution in [3.63, 3.8) is 0 Å². The lowest BCUT2D eigenvalue weighted by atomic mass is 10.1. The second-order valence-corrected chi connectivity index (χ2v) is 5.10. The van der Waals surface area contributed by atoms with Gasteiger partial charge in [0.2, 0.25) is 0 Å². The summed E-state index contributed by atoms with van der Waals surface area (Å²) in [6.45, 7) is 3.01. The van der Waals surface area contributed by atoms with Crippen LogP contribution in [-0.4, -0.2) is 47.8 Å². The molecule has 6 nitrogen and oxygen atoms in total. The Labute approximate surface area is 123 Å². The first-order valence-corrected chi connectivity index (χ1v) is 6.99. The van der Waals surface area contributed by atoms with Gasteiger partial charge in [0.15, 0.2) is 0 Å². The minimum atomic E-state index is -0.931. The molecule has 2 unspecified atom stereocenters. The predicted molar refractivity (Wildman–Crippen MR) is 77.0 cm³/mol. The van der Waals surface area contributed by atoms with Crippen molar-refractivity contribution in [1.82, 2.24) is 10.2 Å². The molecule has 1 aliphatic heterocycles. The van der Waals surface area contributed by atoms with Crippen molar-refractivity contribution in [2.24, 2.45) is 0 Å². The highest BCUT2D eigenvalue weighted by molar-refractivity contribution is 5.76. The third-order valence-corrected chi connectivity index (χ3v) is 3.54. The number of ether oxygens (including phenoxy) is 1. The van der Waals surface area contributed by atoms with Crippen molar-refractivity contribution in [2.45, 2.75) is 25.4 Å². The third kappa shape index (κ3) is 4.19. The van der Waals surface area contributed by atoms with E-state index in [-0.39, 0.29) is 25.1 Å². The lowest BCUT2D eigenvalue weighted by Gasteiger charge is -2.35.